The second-order valence-electron chi connectivity index (χ2n) is 4.75. The largest absolute Gasteiger partial charge is 0.493 e. The zero-order chi connectivity index (χ0) is 18.9. The fourth-order valence-electron chi connectivity index (χ4n) is 1.82. The predicted molar refractivity (Wildman–Crippen MR) is 99.5 cm³/mol. The highest BCUT2D eigenvalue weighted by atomic mass is 32.2. The van der Waals surface area contributed by atoms with E-state index in [-0.39, 0.29) is 10.1 Å². The molecule has 1 N–H and O–H groups in total. The van der Waals surface area contributed by atoms with Gasteiger partial charge in [-0.25, -0.2) is 4.79 Å². The molecule has 0 spiro atoms. The number of amides is 1. The van der Waals surface area contributed by atoms with Crippen LogP contribution in [0.3, 0.4) is 0 Å². The molecule has 2 rings (SSSR count). The molecule has 0 saturated carbocycles. The molecule has 0 bridgehead atoms. The third kappa shape index (κ3) is 5.21. The molecule has 1 aliphatic rings. The SMILES string of the molecule is C=CCOc1cc(C=N/N=C2/NC(=O)/C(=C\C(=O)OC)S2)ccc1OC. The predicted octanol–water partition coefficient (Wildman–Crippen LogP) is 1.87. The number of rotatable bonds is 7. The maximum Gasteiger partial charge on any atom is 0.331 e. The molecule has 1 amide bonds. The molecule has 1 saturated heterocycles. The Bertz CT molecular complexity index is 802. The van der Waals surface area contributed by atoms with Gasteiger partial charge in [-0.15, -0.1) is 5.10 Å². The van der Waals surface area contributed by atoms with Crippen LogP contribution in [-0.2, 0) is 14.3 Å². The molecule has 0 aromatic heterocycles. The lowest BCUT2D eigenvalue weighted by Crippen LogP contribution is -2.19. The zero-order valence-corrected chi connectivity index (χ0v) is 15.0. The zero-order valence-electron chi connectivity index (χ0n) is 14.2. The van der Waals surface area contributed by atoms with Crippen LogP contribution < -0.4 is 14.8 Å². The van der Waals surface area contributed by atoms with Gasteiger partial charge in [-0.1, -0.05) is 12.7 Å². The molecule has 0 atom stereocenters. The highest BCUT2D eigenvalue weighted by molar-refractivity contribution is 8.18. The Labute approximate surface area is 154 Å². The summed E-state index contributed by atoms with van der Waals surface area (Å²) in [7, 11) is 2.79. The third-order valence-electron chi connectivity index (χ3n) is 3.00. The highest BCUT2D eigenvalue weighted by Crippen LogP contribution is 2.27. The summed E-state index contributed by atoms with van der Waals surface area (Å²) in [5, 5.41) is 10.6. The van der Waals surface area contributed by atoms with Crippen molar-refractivity contribution in [2.24, 2.45) is 10.2 Å². The van der Waals surface area contributed by atoms with Gasteiger partial charge in [0.2, 0.25) is 0 Å². The van der Waals surface area contributed by atoms with Crippen LogP contribution in [0.25, 0.3) is 0 Å². The molecule has 1 aromatic carbocycles. The lowest BCUT2D eigenvalue weighted by molar-refractivity contribution is -0.135. The van der Waals surface area contributed by atoms with Gasteiger partial charge >= 0.3 is 5.97 Å². The summed E-state index contributed by atoms with van der Waals surface area (Å²) in [4.78, 5) is 23.1. The number of hydrogen-bond acceptors (Lipinski definition) is 8. The third-order valence-corrected chi connectivity index (χ3v) is 3.90. The van der Waals surface area contributed by atoms with Crippen molar-refractivity contribution in [1.29, 1.82) is 0 Å². The van der Waals surface area contributed by atoms with Crippen molar-refractivity contribution in [2.45, 2.75) is 0 Å². The first kappa shape index (κ1) is 19.3. The Morgan fingerprint density at radius 1 is 1.35 bits per heavy atom. The number of ether oxygens (including phenoxy) is 3. The van der Waals surface area contributed by atoms with Crippen LogP contribution in [0.15, 0.2) is 52.0 Å². The summed E-state index contributed by atoms with van der Waals surface area (Å²) in [6, 6.07) is 5.28. The van der Waals surface area contributed by atoms with E-state index < -0.39 is 11.9 Å². The molecule has 26 heavy (non-hydrogen) atoms. The molecule has 1 aromatic rings. The maximum absolute atomic E-state index is 11.7. The molecule has 0 unspecified atom stereocenters. The van der Waals surface area contributed by atoms with Gasteiger partial charge in [0.25, 0.3) is 5.91 Å². The van der Waals surface area contributed by atoms with Gasteiger partial charge in [-0.3, -0.25) is 10.1 Å². The summed E-state index contributed by atoms with van der Waals surface area (Å²) >= 11 is 0.998. The topological polar surface area (TPSA) is 98.6 Å². The number of amidine groups is 1. The van der Waals surface area contributed by atoms with Gasteiger partial charge < -0.3 is 14.2 Å². The molecule has 0 radical (unpaired) electrons. The first-order valence-electron chi connectivity index (χ1n) is 7.39. The number of benzene rings is 1. The number of esters is 1. The quantitative estimate of drug-likeness (QED) is 0.257. The van der Waals surface area contributed by atoms with Crippen LogP contribution in [0.2, 0.25) is 0 Å². The van der Waals surface area contributed by atoms with E-state index in [1.807, 2.05) is 0 Å². The number of hydrogen-bond donors (Lipinski definition) is 1. The standard InChI is InChI=1S/C17H17N3O5S/c1-4-7-25-13-8-11(5-6-12(13)23-2)10-18-20-17-19-16(22)14(26-17)9-15(21)24-3/h4-6,8-10H,1,7H2,2-3H3,(H,19,20,22)/b14-9+,18-10?. The second-order valence-corrected chi connectivity index (χ2v) is 5.78. The van der Waals surface area contributed by atoms with Crippen LogP contribution >= 0.6 is 11.8 Å². The lowest BCUT2D eigenvalue weighted by atomic mass is 10.2. The first-order valence-corrected chi connectivity index (χ1v) is 8.20. The Hall–Kier alpha value is -3.07. The van der Waals surface area contributed by atoms with Crippen LogP contribution in [-0.4, -0.2) is 44.1 Å². The van der Waals surface area contributed by atoms with E-state index in [1.54, 1.807) is 31.4 Å². The van der Waals surface area contributed by atoms with Crippen molar-refractivity contribution in [2.75, 3.05) is 20.8 Å². The van der Waals surface area contributed by atoms with Gasteiger partial charge in [0.05, 0.1) is 25.3 Å². The van der Waals surface area contributed by atoms with Gasteiger partial charge in [-0.05, 0) is 35.5 Å². The number of nitrogens with zero attached hydrogens (tertiary/aromatic N) is 2. The summed E-state index contributed by atoms with van der Waals surface area (Å²) in [5.74, 6) is 0.0963. The molecule has 0 aliphatic carbocycles. The van der Waals surface area contributed by atoms with Gasteiger partial charge in [0.1, 0.15) is 6.61 Å². The Balaban J connectivity index is 2.09. The van der Waals surface area contributed by atoms with Crippen LogP contribution in [0.5, 0.6) is 11.5 Å². The average Bonchev–Trinajstić information content (AvgIpc) is 2.99. The van der Waals surface area contributed by atoms with Crippen LogP contribution in [0.4, 0.5) is 0 Å². The summed E-state index contributed by atoms with van der Waals surface area (Å²) in [5.41, 5.74) is 0.730. The van der Waals surface area contributed by atoms with Crippen molar-refractivity contribution in [3.63, 3.8) is 0 Å². The van der Waals surface area contributed by atoms with E-state index >= 15 is 0 Å². The average molecular weight is 375 g/mol. The van der Waals surface area contributed by atoms with Crippen molar-refractivity contribution in [3.8, 4) is 11.5 Å². The highest BCUT2D eigenvalue weighted by Gasteiger charge is 2.24. The number of carbonyl (C=O) groups excluding carboxylic acids is 2. The maximum atomic E-state index is 11.7. The minimum atomic E-state index is -0.613. The Morgan fingerprint density at radius 3 is 2.85 bits per heavy atom. The Kier molecular flexibility index (Phi) is 6.98. The van der Waals surface area contributed by atoms with Crippen molar-refractivity contribution in [1.82, 2.24) is 5.32 Å². The molecule has 1 heterocycles. The van der Waals surface area contributed by atoms with Gasteiger partial charge in [0.15, 0.2) is 16.7 Å². The summed E-state index contributed by atoms with van der Waals surface area (Å²) < 4.78 is 15.2. The fraction of sp³-hybridized carbons (Fsp3) is 0.176. The molecular weight excluding hydrogens is 358 g/mol. The lowest BCUT2D eigenvalue weighted by Gasteiger charge is -2.09. The van der Waals surface area contributed by atoms with Crippen LogP contribution in [0, 0.1) is 0 Å². The van der Waals surface area contributed by atoms with Gasteiger partial charge in [-0.2, -0.15) is 5.10 Å². The smallest absolute Gasteiger partial charge is 0.331 e. The van der Waals surface area contributed by atoms with E-state index in [9.17, 15) is 9.59 Å². The van der Waals surface area contributed by atoms with Crippen molar-refractivity contribution in [3.05, 3.63) is 47.4 Å². The second kappa shape index (κ2) is 9.42. The molecule has 9 heteroatoms. The summed E-state index contributed by atoms with van der Waals surface area (Å²) in [6.45, 7) is 3.95. The van der Waals surface area contributed by atoms with Crippen molar-refractivity contribution >= 4 is 35.0 Å². The number of methoxy groups -OCH3 is 2. The molecule has 8 nitrogen and oxygen atoms in total. The minimum Gasteiger partial charge on any atom is -0.493 e. The van der Waals surface area contributed by atoms with E-state index in [2.05, 4.69) is 26.8 Å². The Morgan fingerprint density at radius 2 is 2.15 bits per heavy atom. The monoisotopic (exact) mass is 375 g/mol. The molecule has 136 valence electrons. The van der Waals surface area contributed by atoms with E-state index in [1.165, 1.54) is 13.3 Å². The molecule has 1 aliphatic heterocycles. The minimum absolute atomic E-state index is 0.190. The van der Waals surface area contributed by atoms with E-state index in [0.29, 0.717) is 18.1 Å². The number of carbonyl (C=O) groups is 2. The van der Waals surface area contributed by atoms with Crippen LogP contribution in [0.1, 0.15) is 5.56 Å². The first-order chi connectivity index (χ1) is 12.6. The molecule has 1 fully saturated rings. The number of nitrogens with one attached hydrogen (secondary N) is 1. The van der Waals surface area contributed by atoms with Gasteiger partial charge in [0, 0.05) is 6.08 Å². The normalized spacial score (nSPS) is 16.8. The fourth-order valence-corrected chi connectivity index (χ4v) is 2.56. The van der Waals surface area contributed by atoms with Crippen molar-refractivity contribution < 1.29 is 23.8 Å². The number of thioether (sulfide) groups is 1. The molecular formula is C17H17N3O5S. The van der Waals surface area contributed by atoms with E-state index in [4.69, 9.17) is 9.47 Å². The van der Waals surface area contributed by atoms with E-state index in [0.717, 1.165) is 23.4 Å². The summed E-state index contributed by atoms with van der Waals surface area (Å²) in [6.07, 6.45) is 4.23.